The molecule has 3 aliphatic rings. The maximum Gasteiger partial charge on any atom is 0.416 e. The van der Waals surface area contributed by atoms with E-state index in [1.807, 2.05) is 25.2 Å². The third kappa shape index (κ3) is 13.3. The van der Waals surface area contributed by atoms with E-state index in [0.29, 0.717) is 18.0 Å². The van der Waals surface area contributed by atoms with E-state index in [2.05, 4.69) is 5.32 Å². The van der Waals surface area contributed by atoms with E-state index in [1.165, 1.54) is 25.3 Å². The summed E-state index contributed by atoms with van der Waals surface area (Å²) in [4.78, 5) is 0. The van der Waals surface area contributed by atoms with Gasteiger partial charge >= 0.3 is 6.18 Å². The minimum atomic E-state index is -4.30. The predicted molar refractivity (Wildman–Crippen MR) is 113 cm³/mol. The predicted octanol–water partition coefficient (Wildman–Crippen LogP) is 5.92. The molecule has 0 amide bonds. The van der Waals surface area contributed by atoms with Crippen LogP contribution in [-0.4, -0.2) is 25.3 Å². The van der Waals surface area contributed by atoms with Gasteiger partial charge in [-0.25, -0.2) is 0 Å². The molecule has 28 heavy (non-hydrogen) atoms. The van der Waals surface area contributed by atoms with Gasteiger partial charge in [-0.1, -0.05) is 73.9 Å². The van der Waals surface area contributed by atoms with Crippen molar-refractivity contribution >= 4 is 0 Å². The first-order chi connectivity index (χ1) is 13.4. The Bertz CT molecular complexity index is 597. The van der Waals surface area contributed by atoms with E-state index >= 15 is 0 Å². The number of halogens is 3. The van der Waals surface area contributed by atoms with E-state index in [1.54, 1.807) is 24.3 Å². The molecule has 2 fully saturated rings. The fourth-order valence-electron chi connectivity index (χ4n) is 2.23. The molecule has 1 aliphatic heterocycles. The first kappa shape index (κ1) is 24.2. The lowest BCUT2D eigenvalue weighted by molar-refractivity contribution is -0.0882. The Hall–Kier alpha value is -1.85. The SMILES string of the molecule is C1CC1.C\C=C/C=C\C=C\C1=CCC=CC(C(F)(F)F)=C1.NC1CCNCC1. The molecule has 0 spiro atoms. The van der Waals surface area contributed by atoms with Crippen molar-refractivity contribution in [1.29, 1.82) is 0 Å². The number of allylic oxidation sites excluding steroid dienone is 12. The van der Waals surface area contributed by atoms with Crippen LogP contribution in [0.15, 0.2) is 71.9 Å². The fraction of sp³-hybridized carbons (Fsp3) is 0.478. The third-order valence-corrected chi connectivity index (χ3v) is 3.99. The molecule has 156 valence electrons. The van der Waals surface area contributed by atoms with Crippen molar-refractivity contribution in [3.05, 3.63) is 71.9 Å². The van der Waals surface area contributed by atoms with Crippen molar-refractivity contribution < 1.29 is 13.2 Å². The van der Waals surface area contributed by atoms with Gasteiger partial charge in [0, 0.05) is 6.04 Å². The van der Waals surface area contributed by atoms with Crippen LogP contribution in [0.2, 0.25) is 0 Å². The maximum atomic E-state index is 12.6. The van der Waals surface area contributed by atoms with Gasteiger partial charge in [0.1, 0.15) is 0 Å². The molecule has 0 aromatic carbocycles. The van der Waals surface area contributed by atoms with Crippen LogP contribution in [0.5, 0.6) is 0 Å². The number of alkyl halides is 3. The van der Waals surface area contributed by atoms with Gasteiger partial charge in [0.15, 0.2) is 0 Å². The highest BCUT2D eigenvalue weighted by Crippen LogP contribution is 2.29. The molecule has 0 atom stereocenters. The third-order valence-electron chi connectivity index (χ3n) is 3.99. The zero-order chi connectivity index (χ0) is 20.7. The summed E-state index contributed by atoms with van der Waals surface area (Å²) in [5.41, 5.74) is 5.54. The Labute approximate surface area is 167 Å². The number of rotatable bonds is 3. The van der Waals surface area contributed by atoms with Crippen LogP contribution in [0.1, 0.15) is 45.4 Å². The molecule has 1 saturated carbocycles. The van der Waals surface area contributed by atoms with Gasteiger partial charge in [-0.3, -0.25) is 0 Å². The lowest BCUT2D eigenvalue weighted by Gasteiger charge is -2.17. The van der Waals surface area contributed by atoms with Crippen molar-refractivity contribution in [2.24, 2.45) is 5.73 Å². The molecule has 0 aromatic rings. The van der Waals surface area contributed by atoms with Gasteiger partial charge in [0.25, 0.3) is 0 Å². The first-order valence-electron chi connectivity index (χ1n) is 10.0. The standard InChI is InChI=1S/C15H15F3.C5H12N2.C3H6/c1-2-3-4-5-6-9-13-10-7-8-11-14(12-13)15(16,17)18;6-5-1-3-7-4-2-5;1-2-3-1/h2-6,8-12H,7H2,1H3;5,7H,1-4,6H2;1-3H2/b3-2-,5-4-,9-6+;;. The van der Waals surface area contributed by atoms with Crippen molar-refractivity contribution in [2.75, 3.05) is 13.1 Å². The maximum absolute atomic E-state index is 12.6. The normalized spacial score (nSPS) is 20.2. The lowest BCUT2D eigenvalue weighted by atomic mass is 10.1. The van der Waals surface area contributed by atoms with E-state index in [0.717, 1.165) is 38.1 Å². The molecule has 0 bridgehead atoms. The Morgan fingerprint density at radius 2 is 1.68 bits per heavy atom. The molecule has 5 heteroatoms. The van der Waals surface area contributed by atoms with Crippen molar-refractivity contribution in [3.8, 4) is 0 Å². The summed E-state index contributed by atoms with van der Waals surface area (Å²) in [6, 6.07) is 0.473. The first-order valence-corrected chi connectivity index (χ1v) is 10.0. The largest absolute Gasteiger partial charge is 0.416 e. The molecule has 0 aromatic heterocycles. The average Bonchev–Trinajstić information content (AvgIpc) is 3.52. The van der Waals surface area contributed by atoms with E-state index < -0.39 is 11.7 Å². The van der Waals surface area contributed by atoms with Gasteiger partial charge in [0.2, 0.25) is 0 Å². The molecule has 1 saturated heterocycles. The van der Waals surface area contributed by atoms with Crippen LogP contribution in [0.3, 0.4) is 0 Å². The van der Waals surface area contributed by atoms with Crippen LogP contribution in [-0.2, 0) is 0 Å². The summed E-state index contributed by atoms with van der Waals surface area (Å²) in [6.45, 7) is 4.12. The highest BCUT2D eigenvalue weighted by atomic mass is 19.4. The Kier molecular flexibility index (Phi) is 12.3. The smallest absolute Gasteiger partial charge is 0.328 e. The highest BCUT2D eigenvalue weighted by molar-refractivity contribution is 5.42. The van der Waals surface area contributed by atoms with Gasteiger partial charge in [-0.2, -0.15) is 13.2 Å². The summed E-state index contributed by atoms with van der Waals surface area (Å²) >= 11 is 0. The van der Waals surface area contributed by atoms with Crippen LogP contribution < -0.4 is 11.1 Å². The van der Waals surface area contributed by atoms with E-state index in [4.69, 9.17) is 5.73 Å². The molecular formula is C23H33F3N2. The molecule has 3 rings (SSSR count). The van der Waals surface area contributed by atoms with Crippen LogP contribution in [0.4, 0.5) is 13.2 Å². The lowest BCUT2D eigenvalue weighted by Crippen LogP contribution is -2.35. The highest BCUT2D eigenvalue weighted by Gasteiger charge is 2.31. The van der Waals surface area contributed by atoms with Crippen molar-refractivity contribution in [3.63, 3.8) is 0 Å². The number of nitrogens with two attached hydrogens (primary N) is 1. The molecular weight excluding hydrogens is 361 g/mol. The fourth-order valence-corrected chi connectivity index (χ4v) is 2.23. The zero-order valence-electron chi connectivity index (χ0n) is 16.7. The van der Waals surface area contributed by atoms with Gasteiger partial charge in [0.05, 0.1) is 5.57 Å². The average molecular weight is 395 g/mol. The second-order valence-electron chi connectivity index (χ2n) is 6.86. The van der Waals surface area contributed by atoms with Crippen molar-refractivity contribution in [1.82, 2.24) is 5.32 Å². The van der Waals surface area contributed by atoms with Gasteiger partial charge in [-0.15, -0.1) is 0 Å². The monoisotopic (exact) mass is 394 g/mol. The summed E-state index contributed by atoms with van der Waals surface area (Å²) in [7, 11) is 0. The summed E-state index contributed by atoms with van der Waals surface area (Å²) in [5.74, 6) is 0. The molecule has 2 aliphatic carbocycles. The van der Waals surface area contributed by atoms with E-state index in [-0.39, 0.29) is 0 Å². The Morgan fingerprint density at radius 1 is 1.04 bits per heavy atom. The Balaban J connectivity index is 0.000000315. The summed E-state index contributed by atoms with van der Waals surface area (Å²) in [5, 5.41) is 3.24. The van der Waals surface area contributed by atoms with Crippen LogP contribution in [0, 0.1) is 0 Å². The quantitative estimate of drug-likeness (QED) is 0.583. The number of hydrogen-bond donors (Lipinski definition) is 2. The van der Waals surface area contributed by atoms with Crippen LogP contribution in [0.25, 0.3) is 0 Å². The number of piperidine rings is 1. The minimum Gasteiger partial charge on any atom is -0.328 e. The molecule has 2 nitrogen and oxygen atoms in total. The van der Waals surface area contributed by atoms with Gasteiger partial charge in [-0.05, 0) is 50.9 Å². The molecule has 3 N–H and O–H groups in total. The van der Waals surface area contributed by atoms with Gasteiger partial charge < -0.3 is 11.1 Å². The van der Waals surface area contributed by atoms with Crippen LogP contribution >= 0.6 is 0 Å². The molecule has 0 radical (unpaired) electrons. The van der Waals surface area contributed by atoms with Crippen molar-refractivity contribution in [2.45, 2.75) is 57.7 Å². The number of hydrogen-bond acceptors (Lipinski definition) is 2. The topological polar surface area (TPSA) is 38.0 Å². The minimum absolute atomic E-state index is 0.473. The summed E-state index contributed by atoms with van der Waals surface area (Å²) < 4.78 is 37.8. The molecule has 0 unspecified atom stereocenters. The second kappa shape index (κ2) is 14.2. The summed E-state index contributed by atoms with van der Waals surface area (Å²) in [6.07, 6.45) is 19.3. The van der Waals surface area contributed by atoms with E-state index in [9.17, 15) is 13.2 Å². The zero-order valence-corrected chi connectivity index (χ0v) is 16.7. The Morgan fingerprint density at radius 3 is 2.18 bits per heavy atom. The molecule has 1 heterocycles. The number of nitrogens with one attached hydrogen (secondary N) is 1. The second-order valence-corrected chi connectivity index (χ2v) is 6.86.